The number of pyridine rings is 1. The van der Waals surface area contributed by atoms with Gasteiger partial charge < -0.3 is 0 Å². The summed E-state index contributed by atoms with van der Waals surface area (Å²) >= 11 is 1.38. The van der Waals surface area contributed by atoms with Gasteiger partial charge in [-0.1, -0.05) is 35.7 Å². The predicted molar refractivity (Wildman–Crippen MR) is 80.2 cm³/mol. The van der Waals surface area contributed by atoms with E-state index in [4.69, 9.17) is 5.84 Å². The number of rotatable bonds is 4. The standard InChI is InChI=1S/C14H15N5S/c1-2-12-14(20-19-18-12)13(17-15)11-8-16-7-9-5-3-4-6-10(9)11/h3-8,13,17H,2,15H2,1H3. The maximum absolute atomic E-state index is 5.78. The summed E-state index contributed by atoms with van der Waals surface area (Å²) in [7, 11) is 0. The minimum absolute atomic E-state index is 0.136. The van der Waals surface area contributed by atoms with Crippen molar-refractivity contribution in [1.29, 1.82) is 0 Å². The van der Waals surface area contributed by atoms with Gasteiger partial charge >= 0.3 is 0 Å². The Morgan fingerprint density at radius 2 is 2.15 bits per heavy atom. The van der Waals surface area contributed by atoms with Crippen LogP contribution >= 0.6 is 11.5 Å². The van der Waals surface area contributed by atoms with E-state index in [1.807, 2.05) is 30.6 Å². The molecule has 102 valence electrons. The lowest BCUT2D eigenvalue weighted by Gasteiger charge is -2.17. The zero-order valence-electron chi connectivity index (χ0n) is 11.1. The molecule has 0 spiro atoms. The quantitative estimate of drug-likeness (QED) is 0.567. The number of hydrogen-bond acceptors (Lipinski definition) is 6. The van der Waals surface area contributed by atoms with Crippen LogP contribution in [0.2, 0.25) is 0 Å². The van der Waals surface area contributed by atoms with Gasteiger partial charge in [-0.15, -0.1) is 5.10 Å². The zero-order valence-corrected chi connectivity index (χ0v) is 11.9. The lowest BCUT2D eigenvalue weighted by Crippen LogP contribution is -2.29. The van der Waals surface area contributed by atoms with E-state index in [1.165, 1.54) is 11.5 Å². The highest BCUT2D eigenvalue weighted by atomic mass is 32.1. The van der Waals surface area contributed by atoms with Crippen LogP contribution in [-0.4, -0.2) is 14.6 Å². The lowest BCUT2D eigenvalue weighted by molar-refractivity contribution is 0.641. The first-order valence-corrected chi connectivity index (χ1v) is 7.22. The fourth-order valence-electron chi connectivity index (χ4n) is 2.36. The van der Waals surface area contributed by atoms with Crippen LogP contribution < -0.4 is 11.3 Å². The SMILES string of the molecule is CCc1nnsc1C(NN)c1cncc2ccccc12. The molecule has 1 atom stereocenters. The highest BCUT2D eigenvalue weighted by Gasteiger charge is 2.21. The molecular weight excluding hydrogens is 270 g/mol. The fourth-order valence-corrected chi connectivity index (χ4v) is 3.17. The molecule has 6 heteroatoms. The Kier molecular flexibility index (Phi) is 3.68. The summed E-state index contributed by atoms with van der Waals surface area (Å²) in [6.45, 7) is 2.06. The van der Waals surface area contributed by atoms with Crippen LogP contribution in [0.4, 0.5) is 0 Å². The summed E-state index contributed by atoms with van der Waals surface area (Å²) in [6.07, 6.45) is 4.55. The van der Waals surface area contributed by atoms with Gasteiger partial charge in [0.05, 0.1) is 16.6 Å². The summed E-state index contributed by atoms with van der Waals surface area (Å²) in [4.78, 5) is 5.36. The molecular formula is C14H15N5S. The van der Waals surface area contributed by atoms with Crippen molar-refractivity contribution in [2.75, 3.05) is 0 Å². The zero-order chi connectivity index (χ0) is 13.9. The number of hydrogen-bond donors (Lipinski definition) is 2. The number of aromatic nitrogens is 3. The summed E-state index contributed by atoms with van der Waals surface area (Å²) in [5, 5.41) is 6.40. The molecule has 2 aromatic heterocycles. The van der Waals surface area contributed by atoms with Crippen molar-refractivity contribution in [2.24, 2.45) is 5.84 Å². The first kappa shape index (κ1) is 13.1. The molecule has 0 aliphatic heterocycles. The molecule has 3 N–H and O–H groups in total. The van der Waals surface area contributed by atoms with Gasteiger partial charge in [-0.3, -0.25) is 10.8 Å². The minimum atomic E-state index is -0.136. The molecule has 0 aliphatic rings. The van der Waals surface area contributed by atoms with Crippen LogP contribution in [0.5, 0.6) is 0 Å². The summed E-state index contributed by atoms with van der Waals surface area (Å²) in [6, 6.07) is 8.01. The van der Waals surface area contributed by atoms with Gasteiger partial charge in [-0.25, -0.2) is 5.43 Å². The minimum Gasteiger partial charge on any atom is -0.271 e. The Bertz CT molecular complexity index is 719. The molecule has 0 amide bonds. The van der Waals surface area contributed by atoms with E-state index in [1.54, 1.807) is 0 Å². The van der Waals surface area contributed by atoms with Crippen molar-refractivity contribution in [3.8, 4) is 0 Å². The first-order valence-electron chi connectivity index (χ1n) is 6.45. The predicted octanol–water partition coefficient (Wildman–Crippen LogP) is 2.20. The Morgan fingerprint density at radius 3 is 2.95 bits per heavy atom. The van der Waals surface area contributed by atoms with Crippen LogP contribution in [0.3, 0.4) is 0 Å². The lowest BCUT2D eigenvalue weighted by atomic mass is 10.00. The molecule has 0 aliphatic carbocycles. The third-order valence-electron chi connectivity index (χ3n) is 3.36. The largest absolute Gasteiger partial charge is 0.271 e. The third kappa shape index (κ3) is 2.18. The van der Waals surface area contributed by atoms with Gasteiger partial charge in [0.2, 0.25) is 0 Å². The van der Waals surface area contributed by atoms with E-state index in [0.717, 1.165) is 33.3 Å². The van der Waals surface area contributed by atoms with E-state index in [9.17, 15) is 0 Å². The van der Waals surface area contributed by atoms with Crippen LogP contribution in [0.15, 0.2) is 36.7 Å². The highest BCUT2D eigenvalue weighted by Crippen LogP contribution is 2.30. The van der Waals surface area contributed by atoms with E-state index < -0.39 is 0 Å². The summed E-state index contributed by atoms with van der Waals surface area (Å²) < 4.78 is 4.04. The van der Waals surface area contributed by atoms with E-state index >= 15 is 0 Å². The third-order valence-corrected chi connectivity index (χ3v) is 4.19. The number of nitrogens with one attached hydrogen (secondary N) is 1. The molecule has 5 nitrogen and oxygen atoms in total. The Balaban J connectivity index is 2.17. The first-order chi connectivity index (χ1) is 9.85. The van der Waals surface area contributed by atoms with Crippen molar-refractivity contribution in [3.63, 3.8) is 0 Å². The van der Waals surface area contributed by atoms with Gasteiger partial charge in [-0.05, 0) is 23.3 Å². The van der Waals surface area contributed by atoms with E-state index in [2.05, 4.69) is 33.0 Å². The molecule has 3 aromatic rings. The number of benzene rings is 1. The average molecular weight is 285 g/mol. The van der Waals surface area contributed by atoms with Crippen LogP contribution in [0.1, 0.15) is 29.1 Å². The highest BCUT2D eigenvalue weighted by molar-refractivity contribution is 7.05. The molecule has 0 bridgehead atoms. The molecule has 3 rings (SSSR count). The molecule has 1 aromatic carbocycles. The van der Waals surface area contributed by atoms with Gasteiger partial charge in [0, 0.05) is 23.3 Å². The van der Waals surface area contributed by atoms with Crippen molar-refractivity contribution in [1.82, 2.24) is 20.0 Å². The maximum atomic E-state index is 5.78. The fraction of sp³-hybridized carbons (Fsp3) is 0.214. The molecule has 20 heavy (non-hydrogen) atoms. The number of nitrogens with zero attached hydrogens (tertiary/aromatic N) is 3. The second kappa shape index (κ2) is 5.62. The number of hydrazine groups is 1. The molecule has 0 saturated heterocycles. The van der Waals surface area contributed by atoms with Crippen LogP contribution in [0.25, 0.3) is 10.8 Å². The molecule has 0 fully saturated rings. The van der Waals surface area contributed by atoms with Crippen molar-refractivity contribution in [3.05, 3.63) is 52.8 Å². The van der Waals surface area contributed by atoms with Gasteiger partial charge in [0.15, 0.2) is 0 Å². The Labute approximate surface area is 121 Å². The monoisotopic (exact) mass is 285 g/mol. The summed E-state index contributed by atoms with van der Waals surface area (Å²) in [5.41, 5.74) is 4.90. The van der Waals surface area contributed by atoms with Crippen LogP contribution in [-0.2, 0) is 6.42 Å². The number of nitrogens with two attached hydrogens (primary N) is 1. The Morgan fingerprint density at radius 1 is 1.30 bits per heavy atom. The molecule has 0 saturated carbocycles. The molecule has 0 radical (unpaired) electrons. The van der Waals surface area contributed by atoms with Crippen molar-refractivity contribution < 1.29 is 0 Å². The van der Waals surface area contributed by atoms with Crippen molar-refractivity contribution in [2.45, 2.75) is 19.4 Å². The maximum Gasteiger partial charge on any atom is 0.0858 e. The molecule has 2 heterocycles. The Hall–Kier alpha value is -1.89. The van der Waals surface area contributed by atoms with Gasteiger partial charge in [-0.2, -0.15) is 0 Å². The second-order valence-corrected chi connectivity index (χ2v) is 5.27. The number of aryl methyl sites for hydroxylation is 1. The van der Waals surface area contributed by atoms with Gasteiger partial charge in [0.25, 0.3) is 0 Å². The summed E-state index contributed by atoms with van der Waals surface area (Å²) in [5.74, 6) is 5.78. The van der Waals surface area contributed by atoms with Crippen LogP contribution in [0, 0.1) is 0 Å². The van der Waals surface area contributed by atoms with Crippen molar-refractivity contribution >= 4 is 22.3 Å². The normalized spacial score (nSPS) is 12.7. The second-order valence-electron chi connectivity index (χ2n) is 4.49. The number of fused-ring (bicyclic) bond motifs is 1. The topological polar surface area (TPSA) is 76.7 Å². The van der Waals surface area contributed by atoms with E-state index in [0.29, 0.717) is 0 Å². The average Bonchev–Trinajstić information content (AvgIpc) is 2.97. The molecule has 1 unspecified atom stereocenters. The van der Waals surface area contributed by atoms with E-state index in [-0.39, 0.29) is 6.04 Å². The van der Waals surface area contributed by atoms with Gasteiger partial charge in [0.1, 0.15) is 0 Å². The smallest absolute Gasteiger partial charge is 0.0858 e.